The van der Waals surface area contributed by atoms with E-state index in [1.54, 1.807) is 6.20 Å². The van der Waals surface area contributed by atoms with Crippen LogP contribution in [0.1, 0.15) is 55.5 Å². The van der Waals surface area contributed by atoms with Crippen LogP contribution in [0.2, 0.25) is 0 Å². The van der Waals surface area contributed by atoms with E-state index in [9.17, 15) is 4.79 Å². The van der Waals surface area contributed by atoms with Crippen molar-refractivity contribution >= 4 is 5.78 Å². The molecule has 0 spiro atoms. The minimum absolute atomic E-state index is 0.242. The van der Waals surface area contributed by atoms with Crippen LogP contribution in [0.3, 0.4) is 0 Å². The summed E-state index contributed by atoms with van der Waals surface area (Å²) in [4.78, 5) is 16.6. The molecule has 1 aromatic rings. The van der Waals surface area contributed by atoms with E-state index in [0.717, 1.165) is 30.4 Å². The average Bonchev–Trinajstić information content (AvgIpc) is 2.38. The van der Waals surface area contributed by atoms with Crippen LogP contribution in [0.4, 0.5) is 0 Å². The van der Waals surface area contributed by atoms with Crippen molar-refractivity contribution in [3.63, 3.8) is 0 Å². The van der Waals surface area contributed by atoms with Crippen LogP contribution in [0.25, 0.3) is 0 Å². The zero-order valence-corrected chi connectivity index (χ0v) is 10.8. The number of carbonyl (C=O) groups is 1. The first-order chi connectivity index (χ1) is 8.22. The monoisotopic (exact) mass is 231 g/mol. The molecule has 2 atom stereocenters. The Balaban J connectivity index is 2.18. The fraction of sp³-hybridized carbons (Fsp3) is 0.600. The molecule has 1 fully saturated rings. The summed E-state index contributed by atoms with van der Waals surface area (Å²) in [7, 11) is 0. The van der Waals surface area contributed by atoms with Gasteiger partial charge in [-0.2, -0.15) is 0 Å². The molecule has 1 heterocycles. The molecule has 1 aliphatic carbocycles. The summed E-state index contributed by atoms with van der Waals surface area (Å²) in [5.41, 5.74) is 2.00. The average molecular weight is 231 g/mol. The van der Waals surface area contributed by atoms with E-state index in [1.165, 1.54) is 12.8 Å². The molecule has 2 nitrogen and oxygen atoms in total. The van der Waals surface area contributed by atoms with Crippen molar-refractivity contribution in [1.82, 2.24) is 4.98 Å². The van der Waals surface area contributed by atoms with Gasteiger partial charge in [-0.05, 0) is 36.8 Å². The molecule has 0 amide bonds. The lowest BCUT2D eigenvalue weighted by molar-refractivity contribution is 0.0867. The standard InChI is InChI=1S/C15H21NO/c1-3-12-10-16-8-7-14(12)15(17)13-6-4-5-11(2)9-13/h7-8,10-11,13H,3-6,9H2,1-2H3. The molecule has 1 aromatic heterocycles. The summed E-state index contributed by atoms with van der Waals surface area (Å²) in [6, 6.07) is 1.89. The highest BCUT2D eigenvalue weighted by atomic mass is 16.1. The van der Waals surface area contributed by atoms with Gasteiger partial charge in [-0.15, -0.1) is 0 Å². The molecule has 0 N–H and O–H groups in total. The number of carbonyl (C=O) groups excluding carboxylic acids is 1. The number of Topliss-reactive ketones (excluding diaryl/α,β-unsaturated/α-hetero) is 1. The summed E-state index contributed by atoms with van der Waals surface area (Å²) in [6.45, 7) is 4.34. The van der Waals surface area contributed by atoms with Gasteiger partial charge in [0.1, 0.15) is 0 Å². The van der Waals surface area contributed by atoms with Crippen LogP contribution in [0.15, 0.2) is 18.5 Å². The normalized spacial score (nSPS) is 24.6. The lowest BCUT2D eigenvalue weighted by Crippen LogP contribution is -2.22. The van der Waals surface area contributed by atoms with Gasteiger partial charge in [-0.25, -0.2) is 0 Å². The fourth-order valence-corrected chi connectivity index (χ4v) is 2.84. The van der Waals surface area contributed by atoms with E-state index >= 15 is 0 Å². The zero-order chi connectivity index (χ0) is 12.3. The lowest BCUT2D eigenvalue weighted by Gasteiger charge is -2.26. The van der Waals surface area contributed by atoms with E-state index in [-0.39, 0.29) is 5.92 Å². The zero-order valence-electron chi connectivity index (χ0n) is 10.8. The SMILES string of the molecule is CCc1cnccc1C(=O)C1CCCC(C)C1. The topological polar surface area (TPSA) is 30.0 Å². The minimum atomic E-state index is 0.242. The summed E-state index contributed by atoms with van der Waals surface area (Å²) >= 11 is 0. The predicted octanol–water partition coefficient (Wildman–Crippen LogP) is 3.65. The summed E-state index contributed by atoms with van der Waals surface area (Å²) < 4.78 is 0. The molecule has 2 unspecified atom stereocenters. The smallest absolute Gasteiger partial charge is 0.166 e. The Bertz CT molecular complexity index is 400. The van der Waals surface area contributed by atoms with Crippen molar-refractivity contribution in [2.24, 2.45) is 11.8 Å². The van der Waals surface area contributed by atoms with Gasteiger partial charge in [0.2, 0.25) is 0 Å². The maximum atomic E-state index is 12.5. The number of rotatable bonds is 3. The van der Waals surface area contributed by atoms with Gasteiger partial charge in [-0.1, -0.05) is 26.7 Å². The number of aryl methyl sites for hydroxylation is 1. The largest absolute Gasteiger partial charge is 0.294 e. The highest BCUT2D eigenvalue weighted by molar-refractivity contribution is 5.99. The van der Waals surface area contributed by atoms with Crippen molar-refractivity contribution in [2.75, 3.05) is 0 Å². The fourth-order valence-electron chi connectivity index (χ4n) is 2.84. The third-order valence-corrected chi connectivity index (χ3v) is 3.86. The molecule has 0 aromatic carbocycles. The lowest BCUT2D eigenvalue weighted by atomic mass is 9.78. The van der Waals surface area contributed by atoms with Crippen molar-refractivity contribution < 1.29 is 4.79 Å². The maximum Gasteiger partial charge on any atom is 0.166 e. The second-order valence-electron chi connectivity index (χ2n) is 5.22. The summed E-state index contributed by atoms with van der Waals surface area (Å²) in [5, 5.41) is 0. The summed E-state index contributed by atoms with van der Waals surface area (Å²) in [6.07, 6.45) is 9.05. The van der Waals surface area contributed by atoms with Crippen LogP contribution in [0, 0.1) is 11.8 Å². The van der Waals surface area contributed by atoms with E-state index in [0.29, 0.717) is 11.7 Å². The van der Waals surface area contributed by atoms with Gasteiger partial charge >= 0.3 is 0 Å². The predicted molar refractivity (Wildman–Crippen MR) is 69.1 cm³/mol. The molecule has 0 radical (unpaired) electrons. The van der Waals surface area contributed by atoms with Gasteiger partial charge in [-0.3, -0.25) is 9.78 Å². The van der Waals surface area contributed by atoms with Gasteiger partial charge < -0.3 is 0 Å². The van der Waals surface area contributed by atoms with Gasteiger partial charge in [0, 0.05) is 23.9 Å². The van der Waals surface area contributed by atoms with Crippen molar-refractivity contribution in [3.05, 3.63) is 29.6 Å². The molecule has 17 heavy (non-hydrogen) atoms. The molecule has 0 saturated heterocycles. The van der Waals surface area contributed by atoms with E-state index in [4.69, 9.17) is 0 Å². The number of nitrogens with zero attached hydrogens (tertiary/aromatic N) is 1. The van der Waals surface area contributed by atoms with Gasteiger partial charge in [0.25, 0.3) is 0 Å². The Labute approximate surface area is 103 Å². The molecule has 92 valence electrons. The number of ketones is 1. The third kappa shape index (κ3) is 2.74. The molecule has 2 heteroatoms. The van der Waals surface area contributed by atoms with Gasteiger partial charge in [0.15, 0.2) is 5.78 Å². The summed E-state index contributed by atoms with van der Waals surface area (Å²) in [5.74, 6) is 1.28. The van der Waals surface area contributed by atoms with E-state index in [2.05, 4.69) is 18.8 Å². The minimum Gasteiger partial charge on any atom is -0.294 e. The molecular formula is C15H21NO. The first-order valence-corrected chi connectivity index (χ1v) is 6.69. The highest BCUT2D eigenvalue weighted by Gasteiger charge is 2.26. The molecule has 1 aliphatic rings. The number of pyridine rings is 1. The molecular weight excluding hydrogens is 210 g/mol. The second-order valence-corrected chi connectivity index (χ2v) is 5.22. The first kappa shape index (κ1) is 12.3. The molecule has 0 aliphatic heterocycles. The number of hydrogen-bond acceptors (Lipinski definition) is 2. The second kappa shape index (κ2) is 5.44. The van der Waals surface area contributed by atoms with Crippen molar-refractivity contribution in [3.8, 4) is 0 Å². The van der Waals surface area contributed by atoms with Crippen LogP contribution < -0.4 is 0 Å². The molecule has 0 bridgehead atoms. The molecule has 1 saturated carbocycles. The first-order valence-electron chi connectivity index (χ1n) is 6.69. The quantitative estimate of drug-likeness (QED) is 0.743. The van der Waals surface area contributed by atoms with E-state index in [1.807, 2.05) is 12.3 Å². The van der Waals surface area contributed by atoms with Crippen LogP contribution in [0.5, 0.6) is 0 Å². The van der Waals surface area contributed by atoms with Crippen molar-refractivity contribution in [2.45, 2.75) is 46.0 Å². The molecule has 2 rings (SSSR count). The Morgan fingerprint density at radius 3 is 3.00 bits per heavy atom. The van der Waals surface area contributed by atoms with Crippen molar-refractivity contribution in [1.29, 1.82) is 0 Å². The van der Waals surface area contributed by atoms with Gasteiger partial charge in [0.05, 0.1) is 0 Å². The Kier molecular flexibility index (Phi) is 3.93. The number of aromatic nitrogens is 1. The third-order valence-electron chi connectivity index (χ3n) is 3.86. The highest BCUT2D eigenvalue weighted by Crippen LogP contribution is 2.31. The Hall–Kier alpha value is -1.18. The van der Waals surface area contributed by atoms with Crippen LogP contribution in [-0.2, 0) is 6.42 Å². The van der Waals surface area contributed by atoms with E-state index < -0.39 is 0 Å². The van der Waals surface area contributed by atoms with Crippen LogP contribution >= 0.6 is 0 Å². The Morgan fingerprint density at radius 2 is 2.29 bits per heavy atom. The Morgan fingerprint density at radius 1 is 1.47 bits per heavy atom. The van der Waals surface area contributed by atoms with Crippen LogP contribution in [-0.4, -0.2) is 10.8 Å². The maximum absolute atomic E-state index is 12.5. The number of hydrogen-bond donors (Lipinski definition) is 0.